The van der Waals surface area contributed by atoms with Crippen molar-refractivity contribution in [2.24, 2.45) is 11.8 Å². The Morgan fingerprint density at radius 3 is 2.51 bits per heavy atom. The number of nitrogens with one attached hydrogen (secondary N) is 2. The molecule has 7 nitrogen and oxygen atoms in total. The van der Waals surface area contributed by atoms with Gasteiger partial charge in [-0.2, -0.15) is 0 Å². The van der Waals surface area contributed by atoms with E-state index in [1.165, 1.54) is 6.42 Å². The van der Waals surface area contributed by atoms with Gasteiger partial charge in [0.2, 0.25) is 11.8 Å². The summed E-state index contributed by atoms with van der Waals surface area (Å²) < 4.78 is 0. The van der Waals surface area contributed by atoms with Gasteiger partial charge in [-0.1, -0.05) is 33.6 Å². The van der Waals surface area contributed by atoms with Gasteiger partial charge in [0.05, 0.1) is 5.52 Å². The van der Waals surface area contributed by atoms with E-state index in [-0.39, 0.29) is 30.7 Å². The fraction of sp³-hybridized carbons (Fsp3) is 0.607. The number of benzene rings is 1. The summed E-state index contributed by atoms with van der Waals surface area (Å²) in [5, 5.41) is 7.16. The highest BCUT2D eigenvalue weighted by atomic mass is 16.2. The van der Waals surface area contributed by atoms with Crippen LogP contribution in [0.1, 0.15) is 58.4 Å². The lowest BCUT2D eigenvalue weighted by Crippen LogP contribution is -2.46. The molecule has 2 fully saturated rings. The molecule has 1 aliphatic heterocycles. The van der Waals surface area contributed by atoms with Crippen LogP contribution in [0.2, 0.25) is 0 Å². The van der Waals surface area contributed by atoms with Gasteiger partial charge in [0, 0.05) is 56.1 Å². The maximum Gasteiger partial charge on any atom is 0.224 e. The lowest BCUT2D eigenvalue weighted by molar-refractivity contribution is -0.125. The second kappa shape index (κ2) is 11.4. The first-order valence-electron chi connectivity index (χ1n) is 13.3. The monoisotopic (exact) mass is 479 g/mol. The van der Waals surface area contributed by atoms with Crippen LogP contribution in [0.15, 0.2) is 24.3 Å². The Morgan fingerprint density at radius 1 is 1.03 bits per heavy atom. The number of hydrogen-bond acceptors (Lipinski definition) is 5. The highest BCUT2D eigenvalue weighted by Crippen LogP contribution is 2.29. The van der Waals surface area contributed by atoms with Crippen LogP contribution in [0.25, 0.3) is 10.9 Å². The van der Waals surface area contributed by atoms with Gasteiger partial charge in [-0.15, -0.1) is 0 Å². The second-order valence-corrected chi connectivity index (χ2v) is 10.4. The maximum absolute atomic E-state index is 12.5. The molecular weight excluding hydrogens is 438 g/mol. The minimum absolute atomic E-state index is 0.0306. The Balaban J connectivity index is 1.32. The van der Waals surface area contributed by atoms with Gasteiger partial charge in [0.25, 0.3) is 0 Å². The average Bonchev–Trinajstić information content (AvgIpc) is 2.86. The molecule has 2 amide bonds. The molecule has 1 aromatic carbocycles. The standard InChI is InChI=1S/C28H41N5O2/c1-5-32-13-15-33(16-14-32)26-17-20(3)23-18-22(9-10-25(23)30-26)29-27(34)11-12-28(35)31-24-8-6-7-19(2)21(24)4/h9-10,17-19,21,24H,5-8,11-16H2,1-4H3,(H,29,34)(H,31,35)/t19-,21-,24+/m0/s1. The molecular formula is C28H41N5O2. The highest BCUT2D eigenvalue weighted by molar-refractivity contribution is 5.96. The van der Waals surface area contributed by atoms with Crippen LogP contribution >= 0.6 is 0 Å². The first-order valence-corrected chi connectivity index (χ1v) is 13.3. The third kappa shape index (κ3) is 6.31. The van der Waals surface area contributed by atoms with E-state index >= 15 is 0 Å². The Labute approximate surface area is 209 Å². The van der Waals surface area contributed by atoms with Gasteiger partial charge >= 0.3 is 0 Å². The van der Waals surface area contributed by atoms with E-state index in [2.05, 4.69) is 54.2 Å². The summed E-state index contributed by atoms with van der Waals surface area (Å²) in [6, 6.07) is 8.23. The molecule has 0 radical (unpaired) electrons. The molecule has 7 heteroatoms. The van der Waals surface area contributed by atoms with E-state index in [0.29, 0.717) is 11.8 Å². The Morgan fingerprint density at radius 2 is 1.77 bits per heavy atom. The van der Waals surface area contributed by atoms with Crippen LogP contribution in [0.4, 0.5) is 11.5 Å². The van der Waals surface area contributed by atoms with Crippen LogP contribution in [0.5, 0.6) is 0 Å². The smallest absolute Gasteiger partial charge is 0.224 e. The Bertz CT molecular complexity index is 1050. The van der Waals surface area contributed by atoms with E-state index in [0.717, 1.165) is 73.5 Å². The number of aryl methyl sites for hydroxylation is 1. The molecule has 1 saturated carbocycles. The fourth-order valence-electron chi connectivity index (χ4n) is 5.42. The Kier molecular flexibility index (Phi) is 8.26. The van der Waals surface area contributed by atoms with Crippen LogP contribution in [-0.2, 0) is 9.59 Å². The molecule has 190 valence electrons. The number of nitrogens with zero attached hydrogens (tertiary/aromatic N) is 3. The number of likely N-dealkylation sites (N-methyl/N-ethyl adjacent to an activating group) is 1. The van der Waals surface area contributed by atoms with Gasteiger partial charge in [0.1, 0.15) is 5.82 Å². The zero-order chi connectivity index (χ0) is 24.9. The van der Waals surface area contributed by atoms with Crippen molar-refractivity contribution in [3.05, 3.63) is 29.8 Å². The summed E-state index contributed by atoms with van der Waals surface area (Å²) in [4.78, 5) is 34.7. The number of amides is 2. The summed E-state index contributed by atoms with van der Waals surface area (Å²) in [5.74, 6) is 1.97. The Hall–Kier alpha value is -2.67. The lowest BCUT2D eigenvalue weighted by atomic mass is 9.78. The van der Waals surface area contributed by atoms with Crippen molar-refractivity contribution in [1.82, 2.24) is 15.2 Å². The third-order valence-corrected chi connectivity index (χ3v) is 8.06. The minimum Gasteiger partial charge on any atom is -0.354 e. The average molecular weight is 480 g/mol. The number of carbonyl (C=O) groups excluding carboxylic acids is 2. The zero-order valence-electron chi connectivity index (χ0n) is 21.8. The van der Waals surface area contributed by atoms with Crippen LogP contribution in [-0.4, -0.2) is 60.5 Å². The lowest BCUT2D eigenvalue weighted by Gasteiger charge is -2.35. The summed E-state index contributed by atoms with van der Waals surface area (Å²) in [5.41, 5.74) is 2.83. The number of piperazine rings is 1. The molecule has 2 aromatic rings. The number of fused-ring (bicyclic) bond motifs is 1. The summed E-state index contributed by atoms with van der Waals surface area (Å²) in [6.45, 7) is 14.0. The van der Waals surface area contributed by atoms with Crippen LogP contribution < -0.4 is 15.5 Å². The number of hydrogen-bond donors (Lipinski definition) is 2. The predicted molar refractivity (Wildman–Crippen MR) is 143 cm³/mol. The van der Waals surface area contributed by atoms with Crippen molar-refractivity contribution < 1.29 is 9.59 Å². The van der Waals surface area contributed by atoms with E-state index in [4.69, 9.17) is 4.98 Å². The zero-order valence-corrected chi connectivity index (χ0v) is 21.8. The summed E-state index contributed by atoms with van der Waals surface area (Å²) >= 11 is 0. The molecule has 2 aliphatic rings. The van der Waals surface area contributed by atoms with E-state index in [1.54, 1.807) is 0 Å². The van der Waals surface area contributed by atoms with Gasteiger partial charge in [-0.05, 0) is 61.6 Å². The van der Waals surface area contributed by atoms with Crippen molar-refractivity contribution in [2.45, 2.75) is 65.8 Å². The SMILES string of the molecule is CCN1CCN(c2cc(C)c3cc(NC(=O)CCC(=O)N[C@@H]4CCC[C@H](C)[C@@H]4C)ccc3n2)CC1. The van der Waals surface area contributed by atoms with Crippen LogP contribution in [0.3, 0.4) is 0 Å². The molecule has 2 heterocycles. The van der Waals surface area contributed by atoms with E-state index < -0.39 is 0 Å². The molecule has 1 saturated heterocycles. The number of rotatable bonds is 7. The first kappa shape index (κ1) is 25.4. The van der Waals surface area contributed by atoms with E-state index in [9.17, 15) is 9.59 Å². The minimum atomic E-state index is -0.138. The predicted octanol–water partition coefficient (Wildman–Crippen LogP) is 4.34. The maximum atomic E-state index is 12.5. The summed E-state index contributed by atoms with van der Waals surface area (Å²) in [6.07, 6.45) is 3.81. The number of anilines is 2. The van der Waals surface area contributed by atoms with Gasteiger partial charge in [-0.3, -0.25) is 9.59 Å². The molecule has 1 aromatic heterocycles. The second-order valence-electron chi connectivity index (χ2n) is 10.4. The van der Waals surface area contributed by atoms with Gasteiger partial charge in [-0.25, -0.2) is 4.98 Å². The molecule has 1 aliphatic carbocycles. The van der Waals surface area contributed by atoms with Crippen LogP contribution in [0, 0.1) is 18.8 Å². The molecule has 0 bridgehead atoms. The van der Waals surface area contributed by atoms with Crippen molar-refractivity contribution >= 4 is 34.2 Å². The topological polar surface area (TPSA) is 77.6 Å². The van der Waals surface area contributed by atoms with E-state index in [1.807, 2.05) is 18.2 Å². The third-order valence-electron chi connectivity index (χ3n) is 8.06. The van der Waals surface area contributed by atoms with Crippen molar-refractivity contribution in [1.29, 1.82) is 0 Å². The number of carbonyl (C=O) groups is 2. The highest BCUT2D eigenvalue weighted by Gasteiger charge is 2.28. The van der Waals surface area contributed by atoms with Crippen molar-refractivity contribution in [3.8, 4) is 0 Å². The largest absolute Gasteiger partial charge is 0.354 e. The van der Waals surface area contributed by atoms with Crippen molar-refractivity contribution in [3.63, 3.8) is 0 Å². The molecule has 35 heavy (non-hydrogen) atoms. The molecule has 3 atom stereocenters. The number of aromatic nitrogens is 1. The van der Waals surface area contributed by atoms with Gasteiger partial charge < -0.3 is 20.4 Å². The molecule has 0 unspecified atom stereocenters. The number of pyridine rings is 1. The van der Waals surface area contributed by atoms with Gasteiger partial charge in [0.15, 0.2) is 0 Å². The first-order chi connectivity index (χ1) is 16.8. The fourth-order valence-corrected chi connectivity index (χ4v) is 5.42. The van der Waals surface area contributed by atoms with Crippen molar-refractivity contribution in [2.75, 3.05) is 42.9 Å². The summed E-state index contributed by atoms with van der Waals surface area (Å²) in [7, 11) is 0. The quantitative estimate of drug-likeness (QED) is 0.618. The normalized spacial score (nSPS) is 23.3. The molecule has 4 rings (SSSR count). The molecule has 0 spiro atoms. The molecule has 2 N–H and O–H groups in total.